The second kappa shape index (κ2) is 5.13. The Morgan fingerprint density at radius 1 is 1.47 bits per heavy atom. The van der Waals surface area contributed by atoms with Crippen molar-refractivity contribution in [2.24, 2.45) is 0 Å². The highest BCUT2D eigenvalue weighted by Crippen LogP contribution is 2.30. The first-order valence-corrected chi connectivity index (χ1v) is 6.16. The highest BCUT2D eigenvalue weighted by atomic mass is 35.5. The number of esters is 1. The number of rotatable bonds is 2. The zero-order chi connectivity index (χ0) is 14.2. The van der Waals surface area contributed by atoms with Crippen LogP contribution in [0, 0.1) is 12.7 Å². The van der Waals surface area contributed by atoms with Gasteiger partial charge in [-0.1, -0.05) is 11.6 Å². The summed E-state index contributed by atoms with van der Waals surface area (Å²) in [5.74, 6) is -1.21. The lowest BCUT2D eigenvalue weighted by Crippen LogP contribution is -2.11. The van der Waals surface area contributed by atoms with E-state index in [1.807, 2.05) is 0 Å². The standard InChI is InChI=1S/C14H13ClFNO2/c1-7(14(18)19-3)10-6-12(15)17-13-8(2)11(16)5-4-9(10)13/h4-7H,1-3H3. The van der Waals surface area contributed by atoms with Crippen molar-refractivity contribution in [3.63, 3.8) is 0 Å². The normalized spacial score (nSPS) is 12.5. The van der Waals surface area contributed by atoms with E-state index in [0.717, 1.165) is 0 Å². The molecular weight excluding hydrogens is 269 g/mol. The monoisotopic (exact) mass is 281 g/mol. The molecule has 1 atom stereocenters. The van der Waals surface area contributed by atoms with Crippen LogP contribution in [0.1, 0.15) is 24.0 Å². The van der Waals surface area contributed by atoms with Crippen LogP contribution >= 0.6 is 11.6 Å². The van der Waals surface area contributed by atoms with Crippen molar-refractivity contribution in [3.8, 4) is 0 Å². The van der Waals surface area contributed by atoms with Gasteiger partial charge in [0.15, 0.2) is 0 Å². The molecule has 0 aliphatic carbocycles. The van der Waals surface area contributed by atoms with Gasteiger partial charge in [0.25, 0.3) is 0 Å². The molecule has 100 valence electrons. The van der Waals surface area contributed by atoms with E-state index >= 15 is 0 Å². The number of aryl methyl sites for hydroxylation is 1. The molecule has 1 heterocycles. The van der Waals surface area contributed by atoms with Gasteiger partial charge in [0.1, 0.15) is 11.0 Å². The summed E-state index contributed by atoms with van der Waals surface area (Å²) in [6, 6.07) is 4.58. The number of hydrogen-bond donors (Lipinski definition) is 0. The van der Waals surface area contributed by atoms with E-state index in [9.17, 15) is 9.18 Å². The van der Waals surface area contributed by atoms with Crippen LogP contribution in [0.4, 0.5) is 4.39 Å². The molecule has 2 aromatic rings. The lowest BCUT2D eigenvalue weighted by Gasteiger charge is -2.14. The fourth-order valence-electron chi connectivity index (χ4n) is 2.06. The molecule has 1 aromatic carbocycles. The van der Waals surface area contributed by atoms with E-state index in [-0.39, 0.29) is 16.9 Å². The minimum absolute atomic E-state index is 0.229. The quantitative estimate of drug-likeness (QED) is 0.623. The smallest absolute Gasteiger partial charge is 0.312 e. The number of benzene rings is 1. The molecule has 0 spiro atoms. The molecule has 1 aromatic heterocycles. The first kappa shape index (κ1) is 13.7. The molecular formula is C14H13ClFNO2. The zero-order valence-corrected chi connectivity index (χ0v) is 11.6. The molecule has 0 fully saturated rings. The average Bonchev–Trinajstić information content (AvgIpc) is 2.41. The van der Waals surface area contributed by atoms with Crippen LogP contribution in [0.15, 0.2) is 18.2 Å². The van der Waals surface area contributed by atoms with Gasteiger partial charge in [0, 0.05) is 10.9 Å². The average molecular weight is 282 g/mol. The predicted molar refractivity (Wildman–Crippen MR) is 71.9 cm³/mol. The Hall–Kier alpha value is -1.68. The topological polar surface area (TPSA) is 39.2 Å². The summed E-state index contributed by atoms with van der Waals surface area (Å²) in [7, 11) is 1.33. The summed E-state index contributed by atoms with van der Waals surface area (Å²) in [5, 5.41) is 0.938. The van der Waals surface area contributed by atoms with Crippen molar-refractivity contribution < 1.29 is 13.9 Å². The largest absolute Gasteiger partial charge is 0.469 e. The fourth-order valence-corrected chi connectivity index (χ4v) is 2.26. The van der Waals surface area contributed by atoms with Crippen LogP contribution in [-0.2, 0) is 9.53 Å². The summed E-state index contributed by atoms with van der Waals surface area (Å²) in [6.07, 6.45) is 0. The summed E-state index contributed by atoms with van der Waals surface area (Å²) in [5.41, 5.74) is 1.57. The Balaban J connectivity index is 2.74. The number of carbonyl (C=O) groups is 1. The molecule has 0 amide bonds. The number of nitrogens with zero attached hydrogens (tertiary/aromatic N) is 1. The lowest BCUT2D eigenvalue weighted by molar-refractivity contribution is -0.141. The first-order chi connectivity index (χ1) is 8.95. The third-order valence-corrected chi connectivity index (χ3v) is 3.38. The first-order valence-electron chi connectivity index (χ1n) is 5.78. The highest BCUT2D eigenvalue weighted by molar-refractivity contribution is 6.30. The van der Waals surface area contributed by atoms with E-state index in [2.05, 4.69) is 4.98 Å². The number of ether oxygens (including phenoxy) is 1. The number of methoxy groups -OCH3 is 1. The lowest BCUT2D eigenvalue weighted by atomic mass is 9.96. The van der Waals surface area contributed by atoms with Crippen LogP contribution in [0.25, 0.3) is 10.9 Å². The number of carbonyl (C=O) groups excluding carboxylic acids is 1. The van der Waals surface area contributed by atoms with Gasteiger partial charge in [0.2, 0.25) is 0 Å². The number of aromatic nitrogens is 1. The second-order valence-corrected chi connectivity index (χ2v) is 4.73. The van der Waals surface area contributed by atoms with Gasteiger partial charge in [-0.15, -0.1) is 0 Å². The van der Waals surface area contributed by atoms with Gasteiger partial charge in [-0.2, -0.15) is 0 Å². The van der Waals surface area contributed by atoms with Crippen molar-refractivity contribution in [1.82, 2.24) is 4.98 Å². The Kier molecular flexibility index (Phi) is 3.71. The third-order valence-electron chi connectivity index (χ3n) is 3.19. The number of fused-ring (bicyclic) bond motifs is 1. The molecule has 0 saturated carbocycles. The van der Waals surface area contributed by atoms with Crippen molar-refractivity contribution in [2.45, 2.75) is 19.8 Å². The molecule has 0 bridgehead atoms. The maximum Gasteiger partial charge on any atom is 0.312 e. The van der Waals surface area contributed by atoms with Crippen molar-refractivity contribution in [1.29, 1.82) is 0 Å². The molecule has 0 radical (unpaired) electrons. The molecule has 1 unspecified atom stereocenters. The van der Waals surface area contributed by atoms with Crippen LogP contribution in [-0.4, -0.2) is 18.1 Å². The van der Waals surface area contributed by atoms with E-state index in [1.165, 1.54) is 13.2 Å². The van der Waals surface area contributed by atoms with Gasteiger partial charge < -0.3 is 4.74 Å². The van der Waals surface area contributed by atoms with Crippen LogP contribution in [0.5, 0.6) is 0 Å². The summed E-state index contributed by atoms with van der Waals surface area (Å²) in [6.45, 7) is 3.35. The molecule has 0 N–H and O–H groups in total. The highest BCUT2D eigenvalue weighted by Gasteiger charge is 2.20. The predicted octanol–water partition coefficient (Wildman–Crippen LogP) is 3.61. The second-order valence-electron chi connectivity index (χ2n) is 4.35. The summed E-state index contributed by atoms with van der Waals surface area (Å²) >= 11 is 5.95. The van der Waals surface area contributed by atoms with Crippen molar-refractivity contribution >= 4 is 28.5 Å². The zero-order valence-electron chi connectivity index (χ0n) is 10.8. The van der Waals surface area contributed by atoms with E-state index in [1.54, 1.807) is 26.0 Å². The van der Waals surface area contributed by atoms with E-state index in [0.29, 0.717) is 22.0 Å². The molecule has 5 heteroatoms. The van der Waals surface area contributed by atoms with Crippen LogP contribution < -0.4 is 0 Å². The number of pyridine rings is 1. The Morgan fingerprint density at radius 2 is 2.16 bits per heavy atom. The minimum Gasteiger partial charge on any atom is -0.469 e. The maximum absolute atomic E-state index is 13.6. The maximum atomic E-state index is 13.6. The molecule has 2 rings (SSSR count). The Bertz CT molecular complexity index is 657. The Morgan fingerprint density at radius 3 is 2.79 bits per heavy atom. The minimum atomic E-state index is -0.488. The molecule has 0 aliphatic heterocycles. The number of hydrogen-bond acceptors (Lipinski definition) is 3. The fraction of sp³-hybridized carbons (Fsp3) is 0.286. The van der Waals surface area contributed by atoms with E-state index in [4.69, 9.17) is 16.3 Å². The van der Waals surface area contributed by atoms with Crippen molar-refractivity contribution in [2.75, 3.05) is 7.11 Å². The van der Waals surface area contributed by atoms with Gasteiger partial charge in [-0.05, 0) is 37.6 Å². The van der Waals surface area contributed by atoms with E-state index < -0.39 is 5.92 Å². The van der Waals surface area contributed by atoms with Crippen LogP contribution in [0.2, 0.25) is 5.15 Å². The third kappa shape index (κ3) is 2.40. The number of halogens is 2. The summed E-state index contributed by atoms with van der Waals surface area (Å²) < 4.78 is 18.3. The van der Waals surface area contributed by atoms with Gasteiger partial charge in [-0.25, -0.2) is 9.37 Å². The summed E-state index contributed by atoms with van der Waals surface area (Å²) in [4.78, 5) is 15.8. The SMILES string of the molecule is COC(=O)C(C)c1cc(Cl)nc2c(C)c(F)ccc12. The van der Waals surface area contributed by atoms with Gasteiger partial charge in [0.05, 0.1) is 18.5 Å². The molecule has 19 heavy (non-hydrogen) atoms. The van der Waals surface area contributed by atoms with Gasteiger partial charge >= 0.3 is 5.97 Å². The van der Waals surface area contributed by atoms with Crippen LogP contribution in [0.3, 0.4) is 0 Å². The molecule has 0 aliphatic rings. The Labute approximate surface area is 115 Å². The van der Waals surface area contributed by atoms with Crippen molar-refractivity contribution in [3.05, 3.63) is 40.3 Å². The van der Waals surface area contributed by atoms with Gasteiger partial charge in [-0.3, -0.25) is 4.79 Å². The molecule has 3 nitrogen and oxygen atoms in total. The molecule has 0 saturated heterocycles.